The number of carbonyl (C=O) groups is 1. The lowest BCUT2D eigenvalue weighted by atomic mass is 9.86. The van der Waals surface area contributed by atoms with Crippen molar-refractivity contribution < 1.29 is 19.0 Å². The number of ether oxygens (including phenoxy) is 1. The topological polar surface area (TPSA) is 87.2 Å². The quantitative estimate of drug-likeness (QED) is 0.382. The third-order valence-electron chi connectivity index (χ3n) is 6.03. The Bertz CT molecular complexity index is 1070. The minimum Gasteiger partial charge on any atom is -0.426 e. The van der Waals surface area contributed by atoms with Gasteiger partial charge in [-0.1, -0.05) is 38.1 Å². The van der Waals surface area contributed by atoms with Crippen LogP contribution in [0.4, 0.5) is 10.3 Å². The van der Waals surface area contributed by atoms with E-state index in [1.165, 1.54) is 12.1 Å². The van der Waals surface area contributed by atoms with Crippen molar-refractivity contribution in [3.8, 4) is 5.75 Å². The zero-order valence-electron chi connectivity index (χ0n) is 17.6. The Morgan fingerprint density at radius 1 is 1.23 bits per heavy atom. The first kappa shape index (κ1) is 21.1. The molecule has 1 unspecified atom stereocenters. The van der Waals surface area contributed by atoms with Gasteiger partial charge in [0.25, 0.3) is 0 Å². The number of aromatic nitrogens is 2. The van der Waals surface area contributed by atoms with Gasteiger partial charge in [0.05, 0.1) is 18.3 Å². The van der Waals surface area contributed by atoms with Crippen LogP contribution in [0.1, 0.15) is 61.4 Å². The van der Waals surface area contributed by atoms with E-state index in [2.05, 4.69) is 15.3 Å². The average molecular weight is 423 g/mol. The van der Waals surface area contributed by atoms with Crippen LogP contribution in [0.15, 0.2) is 48.7 Å². The molecule has 1 aliphatic rings. The van der Waals surface area contributed by atoms with Gasteiger partial charge in [-0.3, -0.25) is 4.79 Å². The molecule has 0 fully saturated rings. The molecule has 3 N–H and O–H groups in total. The molecule has 3 aromatic rings. The van der Waals surface area contributed by atoms with Crippen LogP contribution in [0.2, 0.25) is 0 Å². The average Bonchev–Trinajstić information content (AvgIpc) is 3.26. The number of halogens is 1. The number of aromatic amines is 1. The first-order valence-corrected chi connectivity index (χ1v) is 10.5. The lowest BCUT2D eigenvalue weighted by Crippen LogP contribution is -2.23. The van der Waals surface area contributed by atoms with E-state index in [1.54, 1.807) is 18.3 Å². The van der Waals surface area contributed by atoms with E-state index in [9.17, 15) is 14.3 Å². The normalized spacial score (nSPS) is 16.0. The van der Waals surface area contributed by atoms with Gasteiger partial charge in [-0.15, -0.1) is 0 Å². The zero-order valence-corrected chi connectivity index (χ0v) is 17.6. The van der Waals surface area contributed by atoms with E-state index in [1.807, 2.05) is 32.0 Å². The number of nitrogens with zero attached hydrogens (tertiary/aromatic N) is 1. The number of rotatable bonds is 7. The molecule has 0 spiro atoms. The highest BCUT2D eigenvalue weighted by Gasteiger charge is 2.29. The van der Waals surface area contributed by atoms with Gasteiger partial charge in [-0.05, 0) is 42.2 Å². The Kier molecular flexibility index (Phi) is 5.78. The number of anilines is 1. The van der Waals surface area contributed by atoms with Crippen molar-refractivity contribution in [2.45, 2.75) is 51.2 Å². The molecule has 0 aliphatic carbocycles. The monoisotopic (exact) mass is 423 g/mol. The summed E-state index contributed by atoms with van der Waals surface area (Å²) in [7, 11) is 0. The molecule has 2 aromatic carbocycles. The molecule has 4 rings (SSSR count). The number of aliphatic hydroxyl groups is 1. The molecule has 1 atom stereocenters. The molecule has 1 aromatic heterocycles. The number of hydrogen-bond acceptors (Lipinski definition) is 5. The highest BCUT2D eigenvalue weighted by Crippen LogP contribution is 2.39. The number of carbonyl (C=O) groups excluding carboxylic acids is 1. The lowest BCUT2D eigenvalue weighted by Gasteiger charge is -2.25. The van der Waals surface area contributed by atoms with Crippen LogP contribution in [-0.2, 0) is 16.9 Å². The molecule has 7 heteroatoms. The van der Waals surface area contributed by atoms with E-state index in [4.69, 9.17) is 4.74 Å². The maximum absolute atomic E-state index is 13.3. The van der Waals surface area contributed by atoms with E-state index in [-0.39, 0.29) is 24.1 Å². The van der Waals surface area contributed by atoms with Gasteiger partial charge in [0.2, 0.25) is 5.95 Å². The molecule has 6 nitrogen and oxygen atoms in total. The first-order chi connectivity index (χ1) is 14.9. The molecule has 162 valence electrons. The van der Waals surface area contributed by atoms with Crippen LogP contribution in [0.5, 0.6) is 5.75 Å². The third kappa shape index (κ3) is 4.32. The van der Waals surface area contributed by atoms with Crippen LogP contribution in [0.25, 0.3) is 0 Å². The Morgan fingerprint density at radius 3 is 2.68 bits per heavy atom. The Labute approximate surface area is 180 Å². The van der Waals surface area contributed by atoms with Crippen molar-refractivity contribution in [2.75, 3.05) is 5.32 Å². The predicted octanol–water partition coefficient (Wildman–Crippen LogP) is 4.61. The van der Waals surface area contributed by atoms with Crippen molar-refractivity contribution in [1.29, 1.82) is 0 Å². The van der Waals surface area contributed by atoms with Crippen LogP contribution in [0, 0.1) is 5.82 Å². The standard InChI is InChI=1S/C24H26FN3O3/c1-3-24(30,4-2)21-14-27-23(28-21)26-13-15-5-10-18-19(12-22(29)31-20(18)11-15)16-6-8-17(25)9-7-16/h5-11,14,19,30H,3-4,12-13H2,1-2H3,(H2,26,27,28). The van der Waals surface area contributed by atoms with Gasteiger partial charge in [0.15, 0.2) is 0 Å². The summed E-state index contributed by atoms with van der Waals surface area (Å²) >= 11 is 0. The second-order valence-electron chi connectivity index (χ2n) is 7.89. The van der Waals surface area contributed by atoms with Gasteiger partial charge in [-0.2, -0.15) is 0 Å². The number of fused-ring (bicyclic) bond motifs is 1. The summed E-state index contributed by atoms with van der Waals surface area (Å²) in [6.45, 7) is 4.34. The van der Waals surface area contributed by atoms with Gasteiger partial charge >= 0.3 is 5.97 Å². The fourth-order valence-electron chi connectivity index (χ4n) is 3.96. The van der Waals surface area contributed by atoms with E-state index in [0.29, 0.717) is 36.8 Å². The molecule has 0 bridgehead atoms. The van der Waals surface area contributed by atoms with Crippen molar-refractivity contribution in [2.24, 2.45) is 0 Å². The summed E-state index contributed by atoms with van der Waals surface area (Å²) in [6.07, 6.45) is 3.06. The van der Waals surface area contributed by atoms with Crippen LogP contribution < -0.4 is 10.1 Å². The predicted molar refractivity (Wildman–Crippen MR) is 115 cm³/mol. The molecule has 1 aliphatic heterocycles. The minimum atomic E-state index is -0.914. The maximum atomic E-state index is 13.3. The molecular weight excluding hydrogens is 397 g/mol. The molecule has 0 radical (unpaired) electrons. The lowest BCUT2D eigenvalue weighted by molar-refractivity contribution is -0.135. The van der Waals surface area contributed by atoms with Gasteiger partial charge in [0.1, 0.15) is 17.2 Å². The number of hydrogen-bond donors (Lipinski definition) is 3. The number of nitrogens with one attached hydrogen (secondary N) is 2. The highest BCUT2D eigenvalue weighted by molar-refractivity contribution is 5.77. The van der Waals surface area contributed by atoms with E-state index in [0.717, 1.165) is 16.7 Å². The molecule has 0 amide bonds. The maximum Gasteiger partial charge on any atom is 0.312 e. The summed E-state index contributed by atoms with van der Waals surface area (Å²) < 4.78 is 18.8. The van der Waals surface area contributed by atoms with Gasteiger partial charge < -0.3 is 20.1 Å². The third-order valence-corrected chi connectivity index (χ3v) is 6.03. The fraction of sp³-hybridized carbons (Fsp3) is 0.333. The molecule has 0 saturated carbocycles. The second-order valence-corrected chi connectivity index (χ2v) is 7.89. The fourth-order valence-corrected chi connectivity index (χ4v) is 3.96. The number of H-pyrrole nitrogens is 1. The summed E-state index contributed by atoms with van der Waals surface area (Å²) in [5.74, 6) is 0.319. The summed E-state index contributed by atoms with van der Waals surface area (Å²) in [5, 5.41) is 13.8. The number of imidazole rings is 1. The van der Waals surface area contributed by atoms with Crippen molar-refractivity contribution in [1.82, 2.24) is 9.97 Å². The Balaban J connectivity index is 1.51. The smallest absolute Gasteiger partial charge is 0.312 e. The first-order valence-electron chi connectivity index (χ1n) is 10.5. The second kappa shape index (κ2) is 8.51. The molecule has 2 heterocycles. The molecular formula is C24H26FN3O3. The van der Waals surface area contributed by atoms with Crippen LogP contribution >= 0.6 is 0 Å². The van der Waals surface area contributed by atoms with E-state index < -0.39 is 5.60 Å². The highest BCUT2D eigenvalue weighted by atomic mass is 19.1. The largest absolute Gasteiger partial charge is 0.426 e. The number of benzene rings is 2. The molecule has 0 saturated heterocycles. The minimum absolute atomic E-state index is 0.160. The van der Waals surface area contributed by atoms with E-state index >= 15 is 0 Å². The van der Waals surface area contributed by atoms with Crippen molar-refractivity contribution >= 4 is 11.9 Å². The SMILES string of the molecule is CCC(O)(CC)c1cnc(NCc2ccc3c(c2)OC(=O)CC3c2ccc(F)cc2)[nH]1. The van der Waals surface area contributed by atoms with Gasteiger partial charge in [0, 0.05) is 18.0 Å². The van der Waals surface area contributed by atoms with Gasteiger partial charge in [-0.25, -0.2) is 9.37 Å². The van der Waals surface area contributed by atoms with Crippen molar-refractivity contribution in [3.63, 3.8) is 0 Å². The van der Waals surface area contributed by atoms with Crippen LogP contribution in [0.3, 0.4) is 0 Å². The Morgan fingerprint density at radius 2 is 1.97 bits per heavy atom. The summed E-state index contributed by atoms with van der Waals surface area (Å²) in [4.78, 5) is 19.6. The molecule has 31 heavy (non-hydrogen) atoms. The summed E-state index contributed by atoms with van der Waals surface area (Å²) in [5.41, 5.74) is 2.48. The van der Waals surface area contributed by atoms with Crippen LogP contribution in [-0.4, -0.2) is 21.0 Å². The Hall–Kier alpha value is -3.19. The number of esters is 1. The summed E-state index contributed by atoms with van der Waals surface area (Å²) in [6, 6.07) is 12.0. The van der Waals surface area contributed by atoms with Crippen molar-refractivity contribution in [3.05, 3.63) is 76.9 Å². The zero-order chi connectivity index (χ0) is 22.0.